The minimum absolute atomic E-state index is 0.0797. The molecule has 1 unspecified atom stereocenters. The summed E-state index contributed by atoms with van der Waals surface area (Å²) in [6.45, 7) is 0. The van der Waals surface area contributed by atoms with Crippen LogP contribution in [0, 0.1) is 0 Å². The van der Waals surface area contributed by atoms with Crippen LogP contribution in [0.4, 0.5) is 0 Å². The predicted octanol–water partition coefficient (Wildman–Crippen LogP) is 3.33. The highest BCUT2D eigenvalue weighted by Crippen LogP contribution is 2.23. The molecule has 2 aromatic heterocycles. The fourth-order valence-corrected chi connectivity index (χ4v) is 3.16. The number of aromatic nitrogens is 1. The molecule has 0 spiro atoms. The van der Waals surface area contributed by atoms with Crippen molar-refractivity contribution in [3.8, 4) is 0 Å². The molecule has 1 aromatic carbocycles. The van der Waals surface area contributed by atoms with Crippen molar-refractivity contribution in [1.29, 1.82) is 0 Å². The summed E-state index contributed by atoms with van der Waals surface area (Å²) in [5, 5.41) is 5.75. The topological polar surface area (TPSA) is 68.3 Å². The fourth-order valence-electron chi connectivity index (χ4n) is 2.39. The van der Waals surface area contributed by atoms with E-state index in [0.29, 0.717) is 5.69 Å². The lowest BCUT2D eigenvalue weighted by Gasteiger charge is -2.16. The molecule has 0 aliphatic rings. The number of carbonyl (C=O) groups excluding carboxylic acids is 2. The zero-order valence-electron chi connectivity index (χ0n) is 13.1. The van der Waals surface area contributed by atoms with Crippen molar-refractivity contribution in [3.63, 3.8) is 0 Å². The number of rotatable bonds is 5. The number of nitrogens with one attached hydrogen (secondary N) is 1. The summed E-state index contributed by atoms with van der Waals surface area (Å²) in [6, 6.07) is 14.5. The van der Waals surface area contributed by atoms with E-state index < -0.39 is 6.04 Å². The number of hydrogen-bond donors (Lipinski definition) is 1. The van der Waals surface area contributed by atoms with Gasteiger partial charge in [-0.25, -0.2) is 4.98 Å². The van der Waals surface area contributed by atoms with Gasteiger partial charge in [0.2, 0.25) is 0 Å². The number of pyridine rings is 1. The number of ether oxygens (including phenoxy) is 1. The number of para-hydroxylation sites is 1. The highest BCUT2D eigenvalue weighted by atomic mass is 32.1. The molecular formula is C18H16N2O3S. The van der Waals surface area contributed by atoms with E-state index in [9.17, 15) is 9.59 Å². The van der Waals surface area contributed by atoms with Crippen LogP contribution >= 0.6 is 11.3 Å². The van der Waals surface area contributed by atoms with Crippen molar-refractivity contribution in [2.24, 2.45) is 0 Å². The molecule has 6 heteroatoms. The quantitative estimate of drug-likeness (QED) is 0.723. The molecule has 122 valence electrons. The van der Waals surface area contributed by atoms with Crippen LogP contribution in [0.3, 0.4) is 0 Å². The summed E-state index contributed by atoms with van der Waals surface area (Å²) < 4.78 is 4.72. The number of carbonyl (C=O) groups is 2. The van der Waals surface area contributed by atoms with E-state index in [-0.39, 0.29) is 18.3 Å². The van der Waals surface area contributed by atoms with Crippen LogP contribution in [0.2, 0.25) is 0 Å². The van der Waals surface area contributed by atoms with Crippen molar-refractivity contribution in [3.05, 3.63) is 64.5 Å². The number of benzene rings is 1. The summed E-state index contributed by atoms with van der Waals surface area (Å²) in [7, 11) is 1.33. The summed E-state index contributed by atoms with van der Waals surface area (Å²) >= 11 is 1.48. The van der Waals surface area contributed by atoms with E-state index in [1.54, 1.807) is 6.07 Å². The van der Waals surface area contributed by atoms with E-state index in [0.717, 1.165) is 15.8 Å². The van der Waals surface area contributed by atoms with Crippen molar-refractivity contribution >= 4 is 34.1 Å². The Morgan fingerprint density at radius 2 is 2.00 bits per heavy atom. The summed E-state index contributed by atoms with van der Waals surface area (Å²) in [4.78, 5) is 29.5. The van der Waals surface area contributed by atoms with Gasteiger partial charge in [0.05, 0.1) is 25.1 Å². The lowest BCUT2D eigenvalue weighted by atomic mass is 10.1. The Balaban J connectivity index is 1.82. The van der Waals surface area contributed by atoms with Crippen molar-refractivity contribution in [1.82, 2.24) is 10.3 Å². The van der Waals surface area contributed by atoms with Crippen LogP contribution in [-0.4, -0.2) is 24.0 Å². The molecule has 0 aliphatic carbocycles. The largest absolute Gasteiger partial charge is 0.469 e. The number of esters is 1. The first-order valence-corrected chi connectivity index (χ1v) is 8.32. The first-order chi connectivity index (χ1) is 11.7. The van der Waals surface area contributed by atoms with Crippen molar-refractivity contribution in [2.75, 3.05) is 7.11 Å². The summed E-state index contributed by atoms with van der Waals surface area (Å²) in [5.74, 6) is -0.691. The van der Waals surface area contributed by atoms with Gasteiger partial charge in [-0.15, -0.1) is 11.3 Å². The molecule has 1 atom stereocenters. The van der Waals surface area contributed by atoms with Gasteiger partial charge in [0, 0.05) is 10.3 Å². The third kappa shape index (κ3) is 3.60. The molecule has 24 heavy (non-hydrogen) atoms. The van der Waals surface area contributed by atoms with Gasteiger partial charge in [-0.2, -0.15) is 0 Å². The first-order valence-electron chi connectivity index (χ1n) is 7.44. The van der Waals surface area contributed by atoms with Gasteiger partial charge in [-0.1, -0.05) is 30.3 Å². The third-order valence-electron chi connectivity index (χ3n) is 3.62. The van der Waals surface area contributed by atoms with Gasteiger partial charge >= 0.3 is 5.97 Å². The molecule has 1 amide bonds. The molecule has 3 rings (SSSR count). The molecule has 1 N–H and O–H groups in total. The van der Waals surface area contributed by atoms with E-state index >= 15 is 0 Å². The second-order valence-electron chi connectivity index (χ2n) is 5.21. The average molecular weight is 340 g/mol. The molecule has 3 aromatic rings. The maximum atomic E-state index is 12.5. The van der Waals surface area contributed by atoms with Crippen molar-refractivity contribution in [2.45, 2.75) is 12.5 Å². The molecule has 0 radical (unpaired) electrons. The zero-order valence-corrected chi connectivity index (χ0v) is 13.9. The number of fused-ring (bicyclic) bond motifs is 1. The average Bonchev–Trinajstić information content (AvgIpc) is 3.15. The summed E-state index contributed by atoms with van der Waals surface area (Å²) in [5.41, 5.74) is 1.07. The molecular weight excluding hydrogens is 324 g/mol. The molecule has 0 fully saturated rings. The molecule has 0 bridgehead atoms. The van der Waals surface area contributed by atoms with Gasteiger partial charge in [-0.05, 0) is 23.6 Å². The number of hydrogen-bond acceptors (Lipinski definition) is 5. The van der Waals surface area contributed by atoms with E-state index in [1.807, 2.05) is 47.8 Å². The number of thiophene rings is 1. The van der Waals surface area contributed by atoms with Crippen LogP contribution in [0.1, 0.15) is 27.8 Å². The monoisotopic (exact) mass is 340 g/mol. The Morgan fingerprint density at radius 3 is 2.75 bits per heavy atom. The van der Waals surface area contributed by atoms with Gasteiger partial charge in [-0.3, -0.25) is 9.59 Å². The molecule has 2 heterocycles. The van der Waals surface area contributed by atoms with Crippen LogP contribution in [-0.2, 0) is 9.53 Å². The minimum atomic E-state index is -0.432. The van der Waals surface area contributed by atoms with E-state index in [4.69, 9.17) is 4.74 Å². The number of nitrogens with zero attached hydrogens (tertiary/aromatic N) is 1. The normalized spacial score (nSPS) is 11.9. The molecule has 5 nitrogen and oxygen atoms in total. The predicted molar refractivity (Wildman–Crippen MR) is 92.9 cm³/mol. The molecule has 0 saturated carbocycles. The maximum Gasteiger partial charge on any atom is 0.307 e. The standard InChI is InChI=1S/C18H16N2O3S/c1-23-17(21)11-15(16-7-4-10-24-16)20-18(22)14-9-8-12-5-2-3-6-13(12)19-14/h2-10,15H,11H2,1H3,(H,20,22). The van der Waals surface area contributed by atoms with Crippen LogP contribution in [0.25, 0.3) is 10.9 Å². The van der Waals surface area contributed by atoms with Gasteiger partial charge in [0.15, 0.2) is 0 Å². The zero-order chi connectivity index (χ0) is 16.9. The fraction of sp³-hybridized carbons (Fsp3) is 0.167. The Hall–Kier alpha value is -2.73. The summed E-state index contributed by atoms with van der Waals surface area (Å²) in [6.07, 6.45) is 0.0797. The van der Waals surface area contributed by atoms with E-state index in [2.05, 4.69) is 10.3 Å². The second kappa shape index (κ2) is 7.23. The van der Waals surface area contributed by atoms with Gasteiger partial charge in [0.1, 0.15) is 5.69 Å². The Kier molecular flexibility index (Phi) is 4.86. The Labute approximate surface area is 143 Å². The third-order valence-corrected chi connectivity index (χ3v) is 4.61. The first kappa shape index (κ1) is 16.1. The van der Waals surface area contributed by atoms with Crippen LogP contribution in [0.5, 0.6) is 0 Å². The highest BCUT2D eigenvalue weighted by molar-refractivity contribution is 7.10. The van der Waals surface area contributed by atoms with Crippen LogP contribution in [0.15, 0.2) is 53.9 Å². The van der Waals surface area contributed by atoms with Crippen LogP contribution < -0.4 is 5.32 Å². The lowest BCUT2D eigenvalue weighted by molar-refractivity contribution is -0.141. The maximum absolute atomic E-state index is 12.5. The molecule has 0 saturated heterocycles. The smallest absolute Gasteiger partial charge is 0.307 e. The van der Waals surface area contributed by atoms with Gasteiger partial charge in [0.25, 0.3) is 5.91 Å². The van der Waals surface area contributed by atoms with E-state index in [1.165, 1.54) is 18.4 Å². The Morgan fingerprint density at radius 1 is 1.17 bits per heavy atom. The molecule has 0 aliphatic heterocycles. The lowest BCUT2D eigenvalue weighted by Crippen LogP contribution is -2.30. The highest BCUT2D eigenvalue weighted by Gasteiger charge is 2.21. The Bertz CT molecular complexity index is 862. The second-order valence-corrected chi connectivity index (χ2v) is 6.19. The minimum Gasteiger partial charge on any atom is -0.469 e. The number of methoxy groups -OCH3 is 1. The van der Waals surface area contributed by atoms with Gasteiger partial charge < -0.3 is 10.1 Å². The van der Waals surface area contributed by atoms with Crippen molar-refractivity contribution < 1.29 is 14.3 Å². The number of amides is 1. The SMILES string of the molecule is COC(=O)CC(NC(=O)c1ccc2ccccc2n1)c1cccs1.